The van der Waals surface area contributed by atoms with E-state index in [9.17, 15) is 14.2 Å². The van der Waals surface area contributed by atoms with E-state index in [-0.39, 0.29) is 30.0 Å². The first kappa shape index (κ1) is 21.9. The summed E-state index contributed by atoms with van der Waals surface area (Å²) in [6.45, 7) is 5.74. The van der Waals surface area contributed by atoms with E-state index >= 15 is 0 Å². The lowest BCUT2D eigenvalue weighted by Gasteiger charge is -2.39. The molecule has 1 aromatic carbocycles. The van der Waals surface area contributed by atoms with E-state index in [1.165, 1.54) is 6.33 Å². The highest BCUT2D eigenvalue weighted by Crippen LogP contribution is 2.49. The van der Waals surface area contributed by atoms with E-state index in [2.05, 4.69) is 26.6 Å². The van der Waals surface area contributed by atoms with Gasteiger partial charge >= 0.3 is 7.75 Å². The van der Waals surface area contributed by atoms with Crippen LogP contribution in [0.15, 0.2) is 53.6 Å². The topological polar surface area (TPSA) is 154 Å². The van der Waals surface area contributed by atoms with Crippen molar-refractivity contribution in [3.8, 4) is 5.75 Å². The number of nitrogen functional groups attached to an aromatic ring is 1. The number of carbonyl (C=O) groups is 1. The van der Waals surface area contributed by atoms with Crippen molar-refractivity contribution in [2.45, 2.75) is 25.4 Å². The molecule has 0 saturated heterocycles. The number of para-hydroxylation sites is 1. The average Bonchev–Trinajstić information content (AvgIpc) is 3.16. The van der Waals surface area contributed by atoms with Gasteiger partial charge in [0.15, 0.2) is 11.2 Å². The maximum Gasteiger partial charge on any atom is 0.459 e. The van der Waals surface area contributed by atoms with Gasteiger partial charge in [-0.15, -0.1) is 0 Å². The molecule has 0 amide bonds. The maximum absolute atomic E-state index is 13.2. The van der Waals surface area contributed by atoms with E-state index < -0.39 is 19.3 Å². The molecule has 1 aliphatic carbocycles. The fourth-order valence-corrected chi connectivity index (χ4v) is 5.02. The van der Waals surface area contributed by atoms with Crippen LogP contribution >= 0.6 is 7.75 Å². The first-order chi connectivity index (χ1) is 15.3. The zero-order chi connectivity index (χ0) is 22.9. The number of aldehydes is 1. The second-order valence-corrected chi connectivity index (χ2v) is 9.24. The fraction of sp³-hybridized carbons (Fsp3) is 0.300. The minimum atomic E-state index is -3.82. The van der Waals surface area contributed by atoms with Crippen LogP contribution in [0.3, 0.4) is 0 Å². The van der Waals surface area contributed by atoms with E-state index in [0.717, 1.165) is 5.57 Å². The highest BCUT2D eigenvalue weighted by Gasteiger charge is 2.39. The summed E-state index contributed by atoms with van der Waals surface area (Å²) in [6, 6.07) is 7.69. The van der Waals surface area contributed by atoms with Crippen LogP contribution in [0.4, 0.5) is 5.95 Å². The Morgan fingerprint density at radius 2 is 2.19 bits per heavy atom. The van der Waals surface area contributed by atoms with Crippen molar-refractivity contribution >= 4 is 31.1 Å². The van der Waals surface area contributed by atoms with E-state index in [1.807, 2.05) is 0 Å². The highest BCUT2D eigenvalue weighted by molar-refractivity contribution is 7.52. The number of benzene rings is 1. The van der Waals surface area contributed by atoms with Crippen molar-refractivity contribution in [2.75, 3.05) is 12.3 Å². The molecule has 4 atom stereocenters. The molecule has 11 nitrogen and oxygen atoms in total. The predicted octanol–water partition coefficient (Wildman–Crippen LogP) is 2.20. The van der Waals surface area contributed by atoms with Gasteiger partial charge in [-0.05, 0) is 31.1 Å². The Morgan fingerprint density at radius 3 is 2.88 bits per heavy atom. The van der Waals surface area contributed by atoms with Gasteiger partial charge in [0, 0.05) is 5.92 Å². The van der Waals surface area contributed by atoms with Gasteiger partial charge in [0.2, 0.25) is 5.95 Å². The van der Waals surface area contributed by atoms with E-state index in [4.69, 9.17) is 14.8 Å². The summed E-state index contributed by atoms with van der Waals surface area (Å²) in [4.78, 5) is 33.8. The predicted molar refractivity (Wildman–Crippen MR) is 118 cm³/mol. The second-order valence-electron chi connectivity index (χ2n) is 7.55. The largest absolute Gasteiger partial charge is 0.459 e. The summed E-state index contributed by atoms with van der Waals surface area (Å²) in [7, 11) is -3.82. The van der Waals surface area contributed by atoms with Crippen LogP contribution in [-0.4, -0.2) is 38.5 Å². The molecule has 1 fully saturated rings. The molecule has 4 N–H and O–H groups in total. The van der Waals surface area contributed by atoms with Crippen LogP contribution in [0.1, 0.15) is 19.4 Å². The Bertz CT molecular complexity index is 1260. The smallest absolute Gasteiger partial charge is 0.413 e. The van der Waals surface area contributed by atoms with Crippen molar-refractivity contribution in [3.63, 3.8) is 0 Å². The van der Waals surface area contributed by atoms with Gasteiger partial charge in [-0.2, -0.15) is 4.98 Å². The van der Waals surface area contributed by atoms with Crippen LogP contribution < -0.4 is 20.9 Å². The van der Waals surface area contributed by atoms with E-state index in [0.29, 0.717) is 24.1 Å². The van der Waals surface area contributed by atoms with Gasteiger partial charge < -0.3 is 19.6 Å². The number of nitrogens with one attached hydrogen (secondary N) is 2. The molecule has 0 radical (unpaired) electrons. The van der Waals surface area contributed by atoms with Gasteiger partial charge in [-0.25, -0.2) is 14.6 Å². The van der Waals surface area contributed by atoms with Crippen LogP contribution in [0.5, 0.6) is 5.75 Å². The average molecular weight is 458 g/mol. The quantitative estimate of drug-likeness (QED) is 0.249. The molecule has 2 heterocycles. The minimum Gasteiger partial charge on any atom is -0.413 e. The third-order valence-corrected chi connectivity index (χ3v) is 6.89. The Kier molecular flexibility index (Phi) is 5.96. The van der Waals surface area contributed by atoms with Crippen molar-refractivity contribution in [1.82, 2.24) is 24.6 Å². The number of nitrogens with zero attached hydrogens (tertiary/aromatic N) is 3. The number of H-pyrrole nitrogens is 1. The summed E-state index contributed by atoms with van der Waals surface area (Å²) >= 11 is 0. The molecule has 32 heavy (non-hydrogen) atoms. The number of imidazole rings is 1. The number of hydrogen-bond acceptors (Lipinski definition) is 8. The molecule has 0 aliphatic heterocycles. The first-order valence-electron chi connectivity index (χ1n) is 9.93. The number of fused-ring (bicyclic) bond motifs is 1. The lowest BCUT2D eigenvalue weighted by atomic mass is 9.76. The van der Waals surface area contributed by atoms with Gasteiger partial charge in [-0.1, -0.05) is 24.8 Å². The first-order valence-corrected chi connectivity index (χ1v) is 11.5. The molecular formula is C20H23N6O5P. The van der Waals surface area contributed by atoms with Crippen LogP contribution in [0, 0.1) is 5.92 Å². The summed E-state index contributed by atoms with van der Waals surface area (Å²) in [5, 5.41) is 2.62. The van der Waals surface area contributed by atoms with Crippen molar-refractivity contribution in [2.24, 2.45) is 5.92 Å². The van der Waals surface area contributed by atoms with E-state index in [1.54, 1.807) is 41.8 Å². The number of rotatable bonds is 9. The third kappa shape index (κ3) is 4.36. The van der Waals surface area contributed by atoms with Crippen LogP contribution in [0.2, 0.25) is 0 Å². The molecule has 3 aromatic rings. The normalized spacial score (nSPS) is 21.0. The molecule has 4 unspecified atom stereocenters. The van der Waals surface area contributed by atoms with Crippen LogP contribution in [-0.2, 0) is 13.9 Å². The number of carbonyl (C=O) groups excluding carboxylic acids is 1. The lowest BCUT2D eigenvalue weighted by molar-refractivity contribution is -0.109. The number of anilines is 1. The van der Waals surface area contributed by atoms with Gasteiger partial charge in [0.25, 0.3) is 5.56 Å². The molecule has 168 valence electrons. The Morgan fingerprint density at radius 1 is 1.44 bits per heavy atom. The SMILES string of the molecule is C=C1C(COP(=O)(NC(C)C=O)Oc2ccccc2)CC1n1cnc2c(=O)[nH]c(N)nc21. The molecule has 4 rings (SSSR count). The summed E-state index contributed by atoms with van der Waals surface area (Å²) in [5.74, 6) is 0.242. The number of hydrogen-bond donors (Lipinski definition) is 3. The zero-order valence-electron chi connectivity index (χ0n) is 17.3. The molecule has 1 aliphatic rings. The minimum absolute atomic E-state index is 0.00319. The third-order valence-electron chi connectivity index (χ3n) is 5.23. The maximum atomic E-state index is 13.2. The van der Waals surface area contributed by atoms with Crippen molar-refractivity contribution in [1.29, 1.82) is 0 Å². The molecule has 12 heteroatoms. The summed E-state index contributed by atoms with van der Waals surface area (Å²) in [6.07, 6.45) is 2.75. The Labute approximate surface area is 183 Å². The van der Waals surface area contributed by atoms with Crippen molar-refractivity contribution in [3.05, 3.63) is 59.2 Å². The lowest BCUT2D eigenvalue weighted by Crippen LogP contribution is -2.34. The zero-order valence-corrected chi connectivity index (χ0v) is 18.2. The molecule has 0 spiro atoms. The molecule has 0 bridgehead atoms. The molecule has 1 saturated carbocycles. The number of aromatic nitrogens is 4. The highest BCUT2D eigenvalue weighted by atomic mass is 31.2. The van der Waals surface area contributed by atoms with Crippen molar-refractivity contribution < 1.29 is 18.4 Å². The number of aromatic amines is 1. The van der Waals surface area contributed by atoms with Gasteiger partial charge in [0.05, 0.1) is 25.0 Å². The summed E-state index contributed by atoms with van der Waals surface area (Å²) in [5.41, 5.74) is 6.62. The van der Waals surface area contributed by atoms with Gasteiger partial charge in [-0.3, -0.25) is 14.3 Å². The molecular weight excluding hydrogens is 435 g/mol. The second kappa shape index (κ2) is 8.70. The van der Waals surface area contributed by atoms with Gasteiger partial charge in [0.1, 0.15) is 12.0 Å². The molecule has 2 aromatic heterocycles. The van der Waals surface area contributed by atoms with Crippen LogP contribution in [0.25, 0.3) is 11.2 Å². The Balaban J connectivity index is 1.45. The Hall–Kier alpha value is -3.27. The fourth-order valence-electron chi connectivity index (χ4n) is 3.50. The standard InChI is InChI=1S/C20H23N6O5P/c1-12(9-27)25-32(29,31-15-6-4-3-5-7-15)30-10-14-8-16(13(14)2)26-11-22-17-18(26)23-20(21)24-19(17)28/h3-7,9,11-12,14,16H,2,8,10H2,1H3,(H,25,29)(H3,21,23,24,28). The summed E-state index contributed by atoms with van der Waals surface area (Å²) < 4.78 is 26.2. The monoisotopic (exact) mass is 458 g/mol. The number of nitrogens with two attached hydrogens (primary N) is 1.